The van der Waals surface area contributed by atoms with Crippen molar-refractivity contribution >= 4 is 11.4 Å². The fourth-order valence-corrected chi connectivity index (χ4v) is 1.99. The van der Waals surface area contributed by atoms with Crippen LogP contribution in [-0.4, -0.2) is 5.78 Å². The largest absolute Gasteiger partial charge is 0.288 e. The van der Waals surface area contributed by atoms with Crippen LogP contribution in [0.4, 0.5) is 0 Å². The van der Waals surface area contributed by atoms with Gasteiger partial charge in [-0.05, 0) is 25.0 Å². The van der Waals surface area contributed by atoms with E-state index in [0.29, 0.717) is 11.1 Å². The molecule has 0 unspecified atom stereocenters. The van der Waals surface area contributed by atoms with E-state index in [1.165, 1.54) is 0 Å². The van der Waals surface area contributed by atoms with Gasteiger partial charge in [-0.2, -0.15) is 5.26 Å². The van der Waals surface area contributed by atoms with Crippen molar-refractivity contribution in [2.75, 3.05) is 0 Å². The smallest absolute Gasteiger partial charge is 0.203 e. The Balaban J connectivity index is 2.46. The molecule has 0 heterocycles. The minimum Gasteiger partial charge on any atom is -0.288 e. The summed E-state index contributed by atoms with van der Waals surface area (Å²) in [5.41, 5.74) is 3.49. The highest BCUT2D eigenvalue weighted by Gasteiger charge is 2.15. The lowest BCUT2D eigenvalue weighted by Gasteiger charge is -2.06. The van der Waals surface area contributed by atoms with Gasteiger partial charge in [-0.1, -0.05) is 60.2 Å². The molecule has 2 heteroatoms. The zero-order chi connectivity index (χ0) is 14.5. The van der Waals surface area contributed by atoms with Crippen LogP contribution in [-0.2, 0) is 0 Å². The number of hydrogen-bond donors (Lipinski definition) is 0. The number of allylic oxidation sites excluding steroid dienone is 2. The molecule has 0 aliphatic heterocycles. The van der Waals surface area contributed by atoms with Crippen molar-refractivity contribution in [3.05, 3.63) is 76.9 Å². The van der Waals surface area contributed by atoms with Crippen LogP contribution in [0.25, 0.3) is 5.57 Å². The second-order valence-corrected chi connectivity index (χ2v) is 4.67. The SMILES string of the molecule is C/C(=C(/C#N)C(=O)c1ccccc1)c1ccc(C)cc1. The molecular weight excluding hydrogens is 246 g/mol. The summed E-state index contributed by atoms with van der Waals surface area (Å²) in [6.45, 7) is 3.81. The van der Waals surface area contributed by atoms with Gasteiger partial charge < -0.3 is 0 Å². The normalized spacial score (nSPS) is 11.4. The molecule has 2 nitrogen and oxygen atoms in total. The zero-order valence-electron chi connectivity index (χ0n) is 11.6. The van der Waals surface area contributed by atoms with Gasteiger partial charge in [0.25, 0.3) is 0 Å². The summed E-state index contributed by atoms with van der Waals surface area (Å²) < 4.78 is 0. The number of carbonyl (C=O) groups excluding carboxylic acids is 1. The third-order valence-electron chi connectivity index (χ3n) is 3.23. The molecule has 0 aliphatic rings. The van der Waals surface area contributed by atoms with Crippen LogP contribution in [0.3, 0.4) is 0 Å². The number of nitriles is 1. The molecule has 0 N–H and O–H groups in total. The van der Waals surface area contributed by atoms with Gasteiger partial charge in [0.05, 0.1) is 0 Å². The van der Waals surface area contributed by atoms with Crippen molar-refractivity contribution < 1.29 is 4.79 Å². The lowest BCUT2D eigenvalue weighted by molar-refractivity contribution is 0.103. The van der Waals surface area contributed by atoms with Gasteiger partial charge in [0.1, 0.15) is 11.6 Å². The number of benzene rings is 2. The third kappa shape index (κ3) is 2.84. The number of hydrogen-bond acceptors (Lipinski definition) is 2. The molecule has 0 spiro atoms. The van der Waals surface area contributed by atoms with Gasteiger partial charge in [-0.15, -0.1) is 0 Å². The molecule has 0 aliphatic carbocycles. The maximum Gasteiger partial charge on any atom is 0.203 e. The minimum absolute atomic E-state index is 0.194. The number of aryl methyl sites for hydroxylation is 1. The van der Waals surface area contributed by atoms with Crippen molar-refractivity contribution in [2.45, 2.75) is 13.8 Å². The van der Waals surface area contributed by atoms with Crippen LogP contribution in [0.15, 0.2) is 60.2 Å². The van der Waals surface area contributed by atoms with Crippen LogP contribution in [0.2, 0.25) is 0 Å². The number of rotatable bonds is 3. The highest BCUT2D eigenvalue weighted by molar-refractivity contribution is 6.15. The van der Waals surface area contributed by atoms with Crippen LogP contribution < -0.4 is 0 Å². The maximum atomic E-state index is 12.4. The quantitative estimate of drug-likeness (QED) is 0.472. The van der Waals surface area contributed by atoms with Gasteiger partial charge in [-0.25, -0.2) is 0 Å². The van der Waals surface area contributed by atoms with Gasteiger partial charge >= 0.3 is 0 Å². The van der Waals surface area contributed by atoms with E-state index in [4.69, 9.17) is 0 Å². The molecule has 0 saturated carbocycles. The minimum atomic E-state index is -0.230. The molecule has 98 valence electrons. The lowest BCUT2D eigenvalue weighted by Crippen LogP contribution is -2.04. The first-order valence-electron chi connectivity index (χ1n) is 6.41. The summed E-state index contributed by atoms with van der Waals surface area (Å²) in [7, 11) is 0. The molecule has 0 fully saturated rings. The Hall–Kier alpha value is -2.66. The number of ketones is 1. The molecule has 0 amide bonds. The molecule has 0 radical (unpaired) electrons. The first-order valence-corrected chi connectivity index (χ1v) is 6.41. The van der Waals surface area contributed by atoms with E-state index in [1.54, 1.807) is 24.3 Å². The summed E-state index contributed by atoms with van der Waals surface area (Å²) in [6.07, 6.45) is 0. The number of nitrogens with zero attached hydrogens (tertiary/aromatic N) is 1. The standard InChI is InChI=1S/C18H15NO/c1-13-8-10-15(11-9-13)14(2)17(12-19)18(20)16-6-4-3-5-7-16/h3-11H,1-2H3/b17-14+. The van der Waals surface area contributed by atoms with Crippen molar-refractivity contribution in [3.8, 4) is 6.07 Å². The number of Topliss-reactive ketones (excluding diaryl/α,β-unsaturated/α-hetero) is 1. The molecule has 2 rings (SSSR count). The fourth-order valence-electron chi connectivity index (χ4n) is 1.99. The summed E-state index contributed by atoms with van der Waals surface area (Å²) in [5.74, 6) is -0.230. The predicted molar refractivity (Wildman–Crippen MR) is 80.2 cm³/mol. The van der Waals surface area contributed by atoms with Crippen molar-refractivity contribution in [3.63, 3.8) is 0 Å². The van der Waals surface area contributed by atoms with E-state index in [0.717, 1.165) is 11.1 Å². The maximum absolute atomic E-state index is 12.4. The Morgan fingerprint density at radius 2 is 1.55 bits per heavy atom. The Morgan fingerprint density at radius 1 is 0.950 bits per heavy atom. The van der Waals surface area contributed by atoms with Crippen molar-refractivity contribution in [1.82, 2.24) is 0 Å². The molecule has 2 aromatic rings. The fraction of sp³-hybridized carbons (Fsp3) is 0.111. The first kappa shape index (κ1) is 13.8. The second kappa shape index (κ2) is 5.99. The van der Waals surface area contributed by atoms with Gasteiger partial charge in [0.2, 0.25) is 5.78 Å². The lowest BCUT2D eigenvalue weighted by atomic mass is 9.95. The summed E-state index contributed by atoms with van der Waals surface area (Å²) >= 11 is 0. The molecule has 0 atom stereocenters. The summed E-state index contributed by atoms with van der Waals surface area (Å²) in [5, 5.41) is 9.32. The van der Waals surface area contributed by atoms with E-state index in [9.17, 15) is 10.1 Å². The van der Waals surface area contributed by atoms with Crippen molar-refractivity contribution in [2.24, 2.45) is 0 Å². The van der Waals surface area contributed by atoms with E-state index in [-0.39, 0.29) is 11.4 Å². The first-order chi connectivity index (χ1) is 9.63. The van der Waals surface area contributed by atoms with E-state index in [2.05, 4.69) is 0 Å². The topological polar surface area (TPSA) is 40.9 Å². The Kier molecular flexibility index (Phi) is 4.12. The molecule has 2 aromatic carbocycles. The Labute approximate surface area is 119 Å². The average molecular weight is 261 g/mol. The monoisotopic (exact) mass is 261 g/mol. The Bertz CT molecular complexity index is 688. The highest BCUT2D eigenvalue weighted by atomic mass is 16.1. The molecular formula is C18H15NO. The average Bonchev–Trinajstić information content (AvgIpc) is 2.49. The second-order valence-electron chi connectivity index (χ2n) is 4.67. The summed E-state index contributed by atoms with van der Waals surface area (Å²) in [6, 6.07) is 18.7. The third-order valence-corrected chi connectivity index (χ3v) is 3.23. The van der Waals surface area contributed by atoms with Crippen LogP contribution in [0, 0.1) is 18.3 Å². The van der Waals surface area contributed by atoms with Gasteiger partial charge in [0.15, 0.2) is 0 Å². The van der Waals surface area contributed by atoms with Crippen molar-refractivity contribution in [1.29, 1.82) is 5.26 Å². The summed E-state index contributed by atoms with van der Waals surface area (Å²) in [4.78, 5) is 12.4. The van der Waals surface area contributed by atoms with E-state index < -0.39 is 0 Å². The molecule has 0 aromatic heterocycles. The molecule has 0 saturated heterocycles. The van der Waals surface area contributed by atoms with Crippen LogP contribution >= 0.6 is 0 Å². The predicted octanol–water partition coefficient (Wildman–Crippen LogP) is 4.18. The van der Waals surface area contributed by atoms with Gasteiger partial charge in [0, 0.05) is 5.56 Å². The molecule has 0 bridgehead atoms. The van der Waals surface area contributed by atoms with Crippen LogP contribution in [0.1, 0.15) is 28.4 Å². The highest BCUT2D eigenvalue weighted by Crippen LogP contribution is 2.21. The number of carbonyl (C=O) groups is 1. The van der Waals surface area contributed by atoms with Gasteiger partial charge in [-0.3, -0.25) is 4.79 Å². The molecule has 20 heavy (non-hydrogen) atoms. The van der Waals surface area contributed by atoms with E-state index >= 15 is 0 Å². The van der Waals surface area contributed by atoms with Crippen LogP contribution in [0.5, 0.6) is 0 Å². The van der Waals surface area contributed by atoms with E-state index in [1.807, 2.05) is 50.2 Å². The Morgan fingerprint density at radius 3 is 2.10 bits per heavy atom. The zero-order valence-corrected chi connectivity index (χ0v) is 11.6.